The molecule has 0 unspecified atom stereocenters. The lowest BCUT2D eigenvalue weighted by Crippen LogP contribution is -1.99. The van der Waals surface area contributed by atoms with E-state index in [1.54, 1.807) is 0 Å². The summed E-state index contributed by atoms with van der Waals surface area (Å²) < 4.78 is 12.4. The number of thiophene rings is 1. The Labute approximate surface area is 376 Å². The number of fused-ring (bicyclic) bond motifs is 15. The minimum Gasteiger partial charge on any atom is -0.309 e. The lowest BCUT2D eigenvalue weighted by molar-refractivity contribution is 1.16. The van der Waals surface area contributed by atoms with Gasteiger partial charge in [-0.1, -0.05) is 127 Å². The third kappa shape index (κ3) is 4.74. The van der Waals surface area contributed by atoms with Crippen LogP contribution in [0.4, 0.5) is 0 Å². The summed E-state index contributed by atoms with van der Waals surface area (Å²) in [6.07, 6.45) is 0. The number of aromatic nitrogens is 4. The molecule has 0 radical (unpaired) electrons. The highest BCUT2D eigenvalue weighted by Crippen LogP contribution is 2.46. The molecule has 0 saturated heterocycles. The minimum atomic E-state index is 1.16. The first-order valence-corrected chi connectivity index (χ1v) is 23.1. The number of nitrogens with zero attached hydrogens (tertiary/aromatic N) is 4. The molecule has 0 N–H and O–H groups in total. The summed E-state index contributed by atoms with van der Waals surface area (Å²) in [5.41, 5.74) is 14.3. The van der Waals surface area contributed by atoms with Crippen molar-refractivity contribution >= 4 is 119 Å². The van der Waals surface area contributed by atoms with Crippen molar-refractivity contribution in [2.75, 3.05) is 0 Å². The molecule has 0 aliphatic rings. The monoisotopic (exact) mass is 844 g/mol. The Hall–Kier alpha value is -8.38. The van der Waals surface area contributed by atoms with Crippen molar-refractivity contribution < 1.29 is 0 Å². The molecule has 0 saturated carbocycles. The van der Waals surface area contributed by atoms with Crippen LogP contribution in [0.3, 0.4) is 0 Å². The van der Waals surface area contributed by atoms with Crippen LogP contribution in [0.1, 0.15) is 0 Å². The second kappa shape index (κ2) is 13.1. The maximum Gasteiger partial charge on any atom is 0.0642 e. The van der Waals surface area contributed by atoms with Gasteiger partial charge in [-0.2, -0.15) is 0 Å². The molecule has 15 aromatic rings. The van der Waals surface area contributed by atoms with Gasteiger partial charge in [-0.25, -0.2) is 0 Å². The zero-order valence-electron chi connectivity index (χ0n) is 35.0. The van der Waals surface area contributed by atoms with Crippen LogP contribution in [0, 0.1) is 0 Å². The Kier molecular flexibility index (Phi) is 7.07. The van der Waals surface area contributed by atoms with Crippen molar-refractivity contribution in [3.63, 3.8) is 0 Å². The Bertz CT molecular complexity index is 4380. The predicted molar refractivity (Wildman–Crippen MR) is 277 cm³/mol. The summed E-state index contributed by atoms with van der Waals surface area (Å²) in [6, 6.07) is 80.6. The summed E-state index contributed by atoms with van der Waals surface area (Å²) in [7, 11) is 0. The van der Waals surface area contributed by atoms with Crippen LogP contribution >= 0.6 is 11.3 Å². The molecule has 5 heteroatoms. The fraction of sp³-hybridized carbons (Fsp3) is 0. The highest BCUT2D eigenvalue weighted by atomic mass is 32.1. The van der Waals surface area contributed by atoms with Crippen LogP contribution in [0.15, 0.2) is 218 Å². The molecule has 10 aromatic carbocycles. The zero-order valence-corrected chi connectivity index (χ0v) is 35.8. The maximum absolute atomic E-state index is 2.51. The van der Waals surface area contributed by atoms with Crippen molar-refractivity contribution in [3.8, 4) is 22.7 Å². The Morgan fingerprint density at radius 2 is 0.569 bits per heavy atom. The van der Waals surface area contributed by atoms with Gasteiger partial charge in [0.25, 0.3) is 0 Å². The lowest BCUT2D eigenvalue weighted by atomic mass is 10.1. The van der Waals surface area contributed by atoms with Crippen LogP contribution in [-0.2, 0) is 0 Å². The molecule has 0 fully saturated rings. The van der Waals surface area contributed by atoms with Crippen molar-refractivity contribution in [1.29, 1.82) is 0 Å². The van der Waals surface area contributed by atoms with Gasteiger partial charge in [0.1, 0.15) is 0 Å². The van der Waals surface area contributed by atoms with E-state index in [0.29, 0.717) is 0 Å². The number of rotatable bonds is 4. The summed E-state index contributed by atoms with van der Waals surface area (Å²) in [5, 5.41) is 12.6. The largest absolute Gasteiger partial charge is 0.309 e. The van der Waals surface area contributed by atoms with Gasteiger partial charge in [0, 0.05) is 69.9 Å². The smallest absolute Gasteiger partial charge is 0.0642 e. The highest BCUT2D eigenvalue weighted by Gasteiger charge is 2.23. The van der Waals surface area contributed by atoms with Gasteiger partial charge in [-0.05, 0) is 91.0 Å². The van der Waals surface area contributed by atoms with E-state index < -0.39 is 0 Å². The molecule has 0 atom stereocenters. The van der Waals surface area contributed by atoms with E-state index in [1.807, 2.05) is 11.3 Å². The molecule has 0 amide bonds. The van der Waals surface area contributed by atoms with Crippen LogP contribution in [0.25, 0.3) is 130 Å². The summed E-state index contributed by atoms with van der Waals surface area (Å²) in [6.45, 7) is 0. The van der Waals surface area contributed by atoms with Gasteiger partial charge < -0.3 is 18.3 Å². The average molecular weight is 845 g/mol. The first-order valence-electron chi connectivity index (χ1n) is 22.3. The summed E-state index contributed by atoms with van der Waals surface area (Å²) in [5.74, 6) is 0. The third-order valence-corrected chi connectivity index (χ3v) is 15.1. The van der Waals surface area contributed by atoms with Gasteiger partial charge in [-0.3, -0.25) is 0 Å². The van der Waals surface area contributed by atoms with Gasteiger partial charge in [-0.15, -0.1) is 11.3 Å². The molecule has 0 aliphatic heterocycles. The SMILES string of the molecule is c1ccc2c(c1)sc1c(-n3c4ccccc4c4cc(-n5c6ccccc6c6ccccc65)ccc43)ccc(-n3c4ccccc4c4cc(-n5c6ccccc6c6ccccc65)ccc43)c12. The molecule has 65 heavy (non-hydrogen) atoms. The highest BCUT2D eigenvalue weighted by molar-refractivity contribution is 7.26. The van der Waals surface area contributed by atoms with E-state index >= 15 is 0 Å². The average Bonchev–Trinajstić information content (AvgIpc) is 4.17. The molecule has 15 rings (SSSR count). The number of hydrogen-bond donors (Lipinski definition) is 0. The fourth-order valence-electron chi connectivity index (χ4n) is 11.3. The lowest BCUT2D eigenvalue weighted by Gasteiger charge is -2.15. The standard InChI is InChI=1S/C60H36N4S/c1-8-22-48-39(15-1)40-16-2-9-23-49(40)61(48)37-29-31-54-46(35-37)43-19-5-12-26-52(43)63(54)56-33-34-57(60-59(56)45-21-7-14-28-58(45)65-60)64-53-27-13-6-20-44(53)47-36-38(30-32-55(47)64)62-50-24-10-3-17-41(50)42-18-4-11-25-51(42)62/h1-36H. The fourth-order valence-corrected chi connectivity index (χ4v) is 12.5. The Balaban J connectivity index is 0.979. The summed E-state index contributed by atoms with van der Waals surface area (Å²) in [4.78, 5) is 0. The van der Waals surface area contributed by atoms with Crippen LogP contribution in [-0.4, -0.2) is 18.3 Å². The molecule has 5 heterocycles. The van der Waals surface area contributed by atoms with E-state index in [-0.39, 0.29) is 0 Å². The Morgan fingerprint density at radius 3 is 1.02 bits per heavy atom. The number of para-hydroxylation sites is 6. The van der Waals surface area contributed by atoms with E-state index in [2.05, 4.69) is 237 Å². The van der Waals surface area contributed by atoms with Gasteiger partial charge in [0.15, 0.2) is 0 Å². The van der Waals surface area contributed by atoms with E-state index in [1.165, 1.54) is 119 Å². The van der Waals surface area contributed by atoms with Crippen molar-refractivity contribution in [2.45, 2.75) is 0 Å². The molecular formula is C60H36N4S. The molecule has 0 bridgehead atoms. The molecule has 0 aliphatic carbocycles. The molecule has 5 aromatic heterocycles. The number of hydrogen-bond acceptors (Lipinski definition) is 1. The van der Waals surface area contributed by atoms with Crippen molar-refractivity contribution in [1.82, 2.24) is 18.3 Å². The number of benzene rings is 10. The van der Waals surface area contributed by atoms with Crippen LogP contribution in [0.2, 0.25) is 0 Å². The van der Waals surface area contributed by atoms with Gasteiger partial charge in [0.05, 0.1) is 60.2 Å². The van der Waals surface area contributed by atoms with E-state index in [0.717, 1.165) is 11.4 Å². The second-order valence-corrected chi connectivity index (χ2v) is 18.3. The minimum absolute atomic E-state index is 1.16. The summed E-state index contributed by atoms with van der Waals surface area (Å²) >= 11 is 1.89. The predicted octanol–water partition coefficient (Wildman–Crippen LogP) is 16.4. The Morgan fingerprint density at radius 1 is 0.246 bits per heavy atom. The normalized spacial score (nSPS) is 12.3. The van der Waals surface area contributed by atoms with Crippen molar-refractivity contribution in [3.05, 3.63) is 218 Å². The maximum atomic E-state index is 2.51. The first-order chi connectivity index (χ1) is 32.3. The van der Waals surface area contributed by atoms with E-state index in [4.69, 9.17) is 0 Å². The third-order valence-electron chi connectivity index (χ3n) is 14.0. The second-order valence-electron chi connectivity index (χ2n) is 17.3. The zero-order chi connectivity index (χ0) is 42.3. The van der Waals surface area contributed by atoms with Gasteiger partial charge in [0.2, 0.25) is 0 Å². The quantitative estimate of drug-likeness (QED) is 0.168. The molecular weight excluding hydrogens is 809 g/mol. The van der Waals surface area contributed by atoms with Crippen molar-refractivity contribution in [2.24, 2.45) is 0 Å². The van der Waals surface area contributed by atoms with Gasteiger partial charge >= 0.3 is 0 Å². The molecule has 4 nitrogen and oxygen atoms in total. The topological polar surface area (TPSA) is 19.7 Å². The van der Waals surface area contributed by atoms with Crippen LogP contribution in [0.5, 0.6) is 0 Å². The van der Waals surface area contributed by atoms with Crippen LogP contribution < -0.4 is 0 Å². The first kappa shape index (κ1) is 35.1. The van der Waals surface area contributed by atoms with E-state index in [9.17, 15) is 0 Å². The molecule has 0 spiro atoms. The molecule has 302 valence electrons.